The van der Waals surface area contributed by atoms with Gasteiger partial charge in [0.2, 0.25) is 0 Å². The molecule has 6 nitrogen and oxygen atoms in total. The lowest BCUT2D eigenvalue weighted by atomic mass is 10.1. The van der Waals surface area contributed by atoms with E-state index in [0.717, 1.165) is 42.7 Å². The molecule has 29 heavy (non-hydrogen) atoms. The second-order valence-corrected chi connectivity index (χ2v) is 7.24. The molecule has 0 saturated carbocycles. The van der Waals surface area contributed by atoms with Gasteiger partial charge in [0.25, 0.3) is 0 Å². The van der Waals surface area contributed by atoms with Gasteiger partial charge >= 0.3 is 0 Å². The summed E-state index contributed by atoms with van der Waals surface area (Å²) >= 11 is 0. The third-order valence-corrected chi connectivity index (χ3v) is 5.31. The molecule has 7 heteroatoms. The molecule has 1 unspecified atom stereocenters. The minimum Gasteiger partial charge on any atom is -0.496 e. The summed E-state index contributed by atoms with van der Waals surface area (Å²) in [4.78, 5) is 6.89. The summed E-state index contributed by atoms with van der Waals surface area (Å²) in [5.41, 5.74) is 2.33. The summed E-state index contributed by atoms with van der Waals surface area (Å²) in [6.45, 7) is 5.75. The Bertz CT molecular complexity index is 758. The maximum atomic E-state index is 5.73. The van der Waals surface area contributed by atoms with Crippen molar-refractivity contribution in [3.05, 3.63) is 53.5 Å². The summed E-state index contributed by atoms with van der Waals surface area (Å²) in [6, 6.07) is 10.5. The Morgan fingerprint density at radius 3 is 2.62 bits per heavy atom. The number of nitrogens with zero attached hydrogens (tertiary/aromatic N) is 2. The molecule has 0 amide bonds. The van der Waals surface area contributed by atoms with Gasteiger partial charge in [-0.1, -0.05) is 18.6 Å². The van der Waals surface area contributed by atoms with Crippen molar-refractivity contribution < 1.29 is 9.15 Å². The number of guanidine groups is 1. The van der Waals surface area contributed by atoms with Crippen molar-refractivity contribution in [2.75, 3.05) is 33.8 Å². The fourth-order valence-electron chi connectivity index (χ4n) is 3.77. The number of nitrogens with one attached hydrogen (secondary N) is 2. The molecule has 2 heterocycles. The van der Waals surface area contributed by atoms with Gasteiger partial charge < -0.3 is 19.8 Å². The number of hydrogen-bond donors (Lipinski definition) is 2. The van der Waals surface area contributed by atoms with Gasteiger partial charge in [-0.05, 0) is 62.2 Å². The number of benzene rings is 1. The number of likely N-dealkylation sites (tertiary alicyclic amines) is 1. The van der Waals surface area contributed by atoms with Crippen LogP contribution in [-0.2, 0) is 6.54 Å². The van der Waals surface area contributed by atoms with Gasteiger partial charge in [0.05, 0.1) is 19.4 Å². The van der Waals surface area contributed by atoms with Gasteiger partial charge in [-0.25, -0.2) is 0 Å². The number of aliphatic imine (C=N–C) groups is 1. The summed E-state index contributed by atoms with van der Waals surface area (Å²) in [7, 11) is 3.50. The third-order valence-electron chi connectivity index (χ3n) is 5.31. The second kappa shape index (κ2) is 12.1. The van der Waals surface area contributed by atoms with Crippen LogP contribution in [0.5, 0.6) is 5.75 Å². The van der Waals surface area contributed by atoms with Crippen molar-refractivity contribution in [1.29, 1.82) is 0 Å². The molecule has 1 fully saturated rings. The Morgan fingerprint density at radius 1 is 1.21 bits per heavy atom. The lowest BCUT2D eigenvalue weighted by Crippen LogP contribution is -2.44. The van der Waals surface area contributed by atoms with Crippen LogP contribution < -0.4 is 15.4 Å². The van der Waals surface area contributed by atoms with E-state index in [1.54, 1.807) is 20.4 Å². The van der Waals surface area contributed by atoms with Crippen LogP contribution in [0.2, 0.25) is 0 Å². The smallest absolute Gasteiger partial charge is 0.191 e. The van der Waals surface area contributed by atoms with Gasteiger partial charge in [-0.3, -0.25) is 9.89 Å². The highest BCUT2D eigenvalue weighted by atomic mass is 127. The predicted octanol–water partition coefficient (Wildman–Crippen LogP) is 4.11. The topological polar surface area (TPSA) is 62.0 Å². The molecule has 0 radical (unpaired) electrons. The SMILES string of the molecule is CN=C(NCc1ccc(OC)c(C)c1)NCC(c1ccco1)N1CCCCC1.I. The average molecular weight is 512 g/mol. The zero-order valence-corrected chi connectivity index (χ0v) is 19.9. The Morgan fingerprint density at radius 2 is 2.00 bits per heavy atom. The summed E-state index contributed by atoms with van der Waals surface area (Å²) in [5.74, 6) is 2.71. The molecule has 0 bridgehead atoms. The van der Waals surface area contributed by atoms with Crippen molar-refractivity contribution in [3.63, 3.8) is 0 Å². The number of methoxy groups -OCH3 is 1. The van der Waals surface area contributed by atoms with Crippen molar-refractivity contribution in [2.45, 2.75) is 38.8 Å². The maximum absolute atomic E-state index is 5.73. The molecule has 160 valence electrons. The van der Waals surface area contributed by atoms with E-state index in [1.807, 2.05) is 12.1 Å². The van der Waals surface area contributed by atoms with Crippen LogP contribution in [0.3, 0.4) is 0 Å². The summed E-state index contributed by atoms with van der Waals surface area (Å²) in [5, 5.41) is 6.88. The molecule has 3 rings (SSSR count). The zero-order chi connectivity index (χ0) is 19.8. The molecule has 1 aliphatic heterocycles. The molecular weight excluding hydrogens is 479 g/mol. The highest BCUT2D eigenvalue weighted by Crippen LogP contribution is 2.24. The quantitative estimate of drug-likeness (QED) is 0.332. The van der Waals surface area contributed by atoms with Crippen LogP contribution in [0.15, 0.2) is 46.0 Å². The van der Waals surface area contributed by atoms with Crippen LogP contribution in [-0.4, -0.2) is 44.7 Å². The fourth-order valence-corrected chi connectivity index (χ4v) is 3.77. The summed E-state index contributed by atoms with van der Waals surface area (Å²) < 4.78 is 11.1. The number of ether oxygens (including phenoxy) is 1. The van der Waals surface area contributed by atoms with Crippen molar-refractivity contribution in [3.8, 4) is 5.75 Å². The first-order valence-electron chi connectivity index (χ1n) is 10.1. The van der Waals surface area contributed by atoms with Crippen LogP contribution in [0, 0.1) is 6.92 Å². The third kappa shape index (κ3) is 6.64. The van der Waals surface area contributed by atoms with E-state index in [9.17, 15) is 0 Å². The molecule has 2 N–H and O–H groups in total. The Labute approximate surface area is 191 Å². The molecule has 0 spiro atoms. The largest absolute Gasteiger partial charge is 0.496 e. The minimum atomic E-state index is 0. The highest BCUT2D eigenvalue weighted by Gasteiger charge is 2.24. The molecule has 1 aromatic carbocycles. The lowest BCUT2D eigenvalue weighted by Gasteiger charge is -2.33. The number of rotatable bonds is 7. The molecule has 2 aromatic rings. The van der Waals surface area contributed by atoms with E-state index in [4.69, 9.17) is 9.15 Å². The van der Waals surface area contributed by atoms with Crippen LogP contribution >= 0.6 is 24.0 Å². The van der Waals surface area contributed by atoms with Crippen molar-refractivity contribution in [1.82, 2.24) is 15.5 Å². The Kier molecular flexibility index (Phi) is 9.80. The van der Waals surface area contributed by atoms with E-state index in [-0.39, 0.29) is 30.0 Å². The molecule has 1 aromatic heterocycles. The molecule has 1 aliphatic rings. The number of hydrogen-bond acceptors (Lipinski definition) is 4. The van der Waals surface area contributed by atoms with E-state index in [2.05, 4.69) is 45.6 Å². The number of piperidine rings is 1. The van der Waals surface area contributed by atoms with Gasteiger partial charge in [-0.15, -0.1) is 24.0 Å². The van der Waals surface area contributed by atoms with E-state index >= 15 is 0 Å². The van der Waals surface area contributed by atoms with E-state index in [1.165, 1.54) is 24.8 Å². The van der Waals surface area contributed by atoms with Gasteiger partial charge in [0, 0.05) is 20.1 Å². The zero-order valence-electron chi connectivity index (χ0n) is 17.6. The van der Waals surface area contributed by atoms with Crippen LogP contribution in [0.25, 0.3) is 0 Å². The van der Waals surface area contributed by atoms with Crippen LogP contribution in [0.1, 0.15) is 42.2 Å². The lowest BCUT2D eigenvalue weighted by molar-refractivity contribution is 0.146. The monoisotopic (exact) mass is 512 g/mol. The number of aryl methyl sites for hydroxylation is 1. The molecule has 1 saturated heterocycles. The van der Waals surface area contributed by atoms with Gasteiger partial charge in [-0.2, -0.15) is 0 Å². The second-order valence-electron chi connectivity index (χ2n) is 7.24. The first-order chi connectivity index (χ1) is 13.7. The van der Waals surface area contributed by atoms with Crippen LogP contribution in [0.4, 0.5) is 0 Å². The van der Waals surface area contributed by atoms with E-state index in [0.29, 0.717) is 6.54 Å². The normalized spacial score (nSPS) is 16.0. The van der Waals surface area contributed by atoms with Gasteiger partial charge in [0.15, 0.2) is 5.96 Å². The average Bonchev–Trinajstić information content (AvgIpc) is 3.26. The Hall–Kier alpha value is -1.74. The van der Waals surface area contributed by atoms with E-state index < -0.39 is 0 Å². The minimum absolute atomic E-state index is 0. The highest BCUT2D eigenvalue weighted by molar-refractivity contribution is 14.0. The number of furan rings is 1. The molecular formula is C22H33IN4O2. The predicted molar refractivity (Wildman–Crippen MR) is 128 cm³/mol. The number of halogens is 1. The Balaban J connectivity index is 0.00000300. The fraction of sp³-hybridized carbons (Fsp3) is 0.500. The molecule has 0 aliphatic carbocycles. The van der Waals surface area contributed by atoms with Crippen molar-refractivity contribution in [2.24, 2.45) is 4.99 Å². The molecule has 1 atom stereocenters. The summed E-state index contributed by atoms with van der Waals surface area (Å²) in [6.07, 6.45) is 5.58. The van der Waals surface area contributed by atoms with Crippen molar-refractivity contribution >= 4 is 29.9 Å². The maximum Gasteiger partial charge on any atom is 0.191 e. The standard InChI is InChI=1S/C22H32N4O2.HI/c1-17-14-18(9-10-20(17)27-3)15-24-22(23-2)25-16-19(21-8-7-13-28-21)26-11-5-4-6-12-26;/h7-10,13-14,19H,4-6,11-12,15-16H2,1-3H3,(H2,23,24,25);1H. The first-order valence-corrected chi connectivity index (χ1v) is 10.1. The van der Waals surface area contributed by atoms with Gasteiger partial charge in [0.1, 0.15) is 11.5 Å². The first kappa shape index (κ1) is 23.5.